The third-order valence-corrected chi connectivity index (χ3v) is 5.87. The van der Waals surface area contributed by atoms with Gasteiger partial charge in [0.25, 0.3) is 0 Å². The highest BCUT2D eigenvalue weighted by atomic mass is 32.1. The molecule has 6 heteroatoms. The second kappa shape index (κ2) is 5.50. The second-order valence-corrected chi connectivity index (χ2v) is 7.16. The van der Waals surface area contributed by atoms with Crippen molar-refractivity contribution in [2.45, 2.75) is 39.2 Å². The zero-order valence-electron chi connectivity index (χ0n) is 12.8. The molecule has 0 radical (unpaired) electrons. The van der Waals surface area contributed by atoms with E-state index in [1.54, 1.807) is 17.7 Å². The standard InChI is InChI=1S/C16H20N4OS/c1-2-17-14-13-11-6-7-20(16(21)10-4-3-5-10)8-12(11)22-15(13)19-9-18-14/h9-10H,2-8H2,1H3,(H,17,18,19). The fourth-order valence-corrected chi connectivity index (χ4v) is 4.53. The Labute approximate surface area is 133 Å². The van der Waals surface area contributed by atoms with E-state index in [0.717, 1.165) is 49.5 Å². The number of nitrogens with one attached hydrogen (secondary N) is 1. The minimum atomic E-state index is 0.285. The Morgan fingerprint density at radius 1 is 1.45 bits per heavy atom. The molecule has 0 saturated heterocycles. The number of hydrogen-bond donors (Lipinski definition) is 1. The fraction of sp³-hybridized carbons (Fsp3) is 0.562. The van der Waals surface area contributed by atoms with Gasteiger partial charge in [0, 0.05) is 23.9 Å². The average molecular weight is 316 g/mol. The molecule has 4 rings (SSSR count). The van der Waals surface area contributed by atoms with Crippen LogP contribution in [0.2, 0.25) is 0 Å². The number of thiophene rings is 1. The lowest BCUT2D eigenvalue weighted by atomic mass is 9.84. The van der Waals surface area contributed by atoms with Gasteiger partial charge < -0.3 is 10.2 Å². The first-order valence-electron chi connectivity index (χ1n) is 8.05. The van der Waals surface area contributed by atoms with Gasteiger partial charge in [0.05, 0.1) is 11.9 Å². The van der Waals surface area contributed by atoms with E-state index in [0.29, 0.717) is 5.91 Å². The molecule has 2 aromatic rings. The molecule has 0 aromatic carbocycles. The van der Waals surface area contributed by atoms with Gasteiger partial charge in [-0.05, 0) is 31.7 Å². The zero-order chi connectivity index (χ0) is 15.1. The summed E-state index contributed by atoms with van der Waals surface area (Å²) in [6.07, 6.45) is 5.90. The summed E-state index contributed by atoms with van der Waals surface area (Å²) in [5, 5.41) is 4.50. The van der Waals surface area contributed by atoms with Crippen LogP contribution in [0.4, 0.5) is 5.82 Å². The van der Waals surface area contributed by atoms with Crippen molar-refractivity contribution >= 4 is 33.3 Å². The molecule has 22 heavy (non-hydrogen) atoms. The molecule has 0 unspecified atom stereocenters. The summed E-state index contributed by atoms with van der Waals surface area (Å²) < 4.78 is 0. The normalized spacial score (nSPS) is 18.1. The van der Waals surface area contributed by atoms with Crippen molar-refractivity contribution in [3.8, 4) is 0 Å². The fourth-order valence-electron chi connectivity index (χ4n) is 3.33. The highest BCUT2D eigenvalue weighted by molar-refractivity contribution is 7.19. The molecule has 5 nitrogen and oxygen atoms in total. The zero-order valence-corrected chi connectivity index (χ0v) is 13.6. The first kappa shape index (κ1) is 13.9. The Morgan fingerprint density at radius 2 is 2.32 bits per heavy atom. The number of carbonyl (C=O) groups excluding carboxylic acids is 1. The summed E-state index contributed by atoms with van der Waals surface area (Å²) in [5.74, 6) is 1.57. The van der Waals surface area contributed by atoms with Gasteiger partial charge in [0.15, 0.2) is 0 Å². The highest BCUT2D eigenvalue weighted by Crippen LogP contribution is 2.38. The molecular weight excluding hydrogens is 296 g/mol. The van der Waals surface area contributed by atoms with Gasteiger partial charge in [-0.15, -0.1) is 11.3 Å². The summed E-state index contributed by atoms with van der Waals surface area (Å²) >= 11 is 1.71. The number of carbonyl (C=O) groups is 1. The number of hydrogen-bond acceptors (Lipinski definition) is 5. The van der Waals surface area contributed by atoms with Gasteiger partial charge in [-0.25, -0.2) is 9.97 Å². The van der Waals surface area contributed by atoms with E-state index >= 15 is 0 Å². The molecule has 1 N–H and O–H groups in total. The number of rotatable bonds is 3. The molecule has 1 amide bonds. The summed E-state index contributed by atoms with van der Waals surface area (Å²) in [7, 11) is 0. The van der Waals surface area contributed by atoms with E-state index in [1.807, 2.05) is 4.90 Å². The Bertz CT molecular complexity index is 722. The monoisotopic (exact) mass is 316 g/mol. The lowest BCUT2D eigenvalue weighted by Gasteiger charge is -2.33. The van der Waals surface area contributed by atoms with E-state index in [9.17, 15) is 4.79 Å². The van der Waals surface area contributed by atoms with Gasteiger partial charge in [0.1, 0.15) is 17.0 Å². The van der Waals surface area contributed by atoms with Gasteiger partial charge >= 0.3 is 0 Å². The van der Waals surface area contributed by atoms with E-state index in [1.165, 1.54) is 22.2 Å². The minimum Gasteiger partial charge on any atom is -0.370 e. The van der Waals surface area contributed by atoms with Gasteiger partial charge in [0.2, 0.25) is 5.91 Å². The Hall–Kier alpha value is -1.69. The number of nitrogens with zero attached hydrogens (tertiary/aromatic N) is 3. The molecule has 2 aliphatic rings. The molecule has 1 aliphatic heterocycles. The third kappa shape index (κ3) is 2.17. The quantitative estimate of drug-likeness (QED) is 0.946. The lowest BCUT2D eigenvalue weighted by Crippen LogP contribution is -2.41. The van der Waals surface area contributed by atoms with Crippen LogP contribution in [0.15, 0.2) is 6.33 Å². The van der Waals surface area contributed by atoms with Crippen LogP contribution < -0.4 is 5.32 Å². The summed E-state index contributed by atoms with van der Waals surface area (Å²) in [5.41, 5.74) is 1.34. The number of aromatic nitrogens is 2. The maximum absolute atomic E-state index is 12.5. The summed E-state index contributed by atoms with van der Waals surface area (Å²) in [6.45, 7) is 4.50. The molecule has 0 atom stereocenters. The van der Waals surface area contributed by atoms with Crippen molar-refractivity contribution in [1.29, 1.82) is 0 Å². The smallest absolute Gasteiger partial charge is 0.226 e. The molecule has 2 aromatic heterocycles. The molecule has 0 bridgehead atoms. The molecule has 116 valence electrons. The molecular formula is C16H20N4OS. The van der Waals surface area contributed by atoms with Crippen LogP contribution in [0.5, 0.6) is 0 Å². The maximum Gasteiger partial charge on any atom is 0.226 e. The van der Waals surface area contributed by atoms with Crippen LogP contribution in [0, 0.1) is 5.92 Å². The van der Waals surface area contributed by atoms with Crippen molar-refractivity contribution in [2.24, 2.45) is 5.92 Å². The Morgan fingerprint density at radius 3 is 3.05 bits per heavy atom. The molecule has 1 fully saturated rings. The van der Waals surface area contributed by atoms with Gasteiger partial charge in [-0.3, -0.25) is 4.79 Å². The van der Waals surface area contributed by atoms with Gasteiger partial charge in [-0.1, -0.05) is 6.42 Å². The van der Waals surface area contributed by atoms with Crippen molar-refractivity contribution in [1.82, 2.24) is 14.9 Å². The van der Waals surface area contributed by atoms with E-state index in [-0.39, 0.29) is 5.92 Å². The SMILES string of the molecule is CCNc1ncnc2sc3c(c12)CCN(C(=O)C1CCC1)C3. The van der Waals surface area contributed by atoms with Crippen LogP contribution in [0.1, 0.15) is 36.6 Å². The van der Waals surface area contributed by atoms with Crippen LogP contribution in [0.3, 0.4) is 0 Å². The van der Waals surface area contributed by atoms with E-state index in [2.05, 4.69) is 22.2 Å². The topological polar surface area (TPSA) is 58.1 Å². The Balaban J connectivity index is 1.66. The first-order valence-corrected chi connectivity index (χ1v) is 8.87. The van der Waals surface area contributed by atoms with Crippen molar-refractivity contribution in [2.75, 3.05) is 18.4 Å². The minimum absolute atomic E-state index is 0.285. The molecule has 0 spiro atoms. The number of fused-ring (bicyclic) bond motifs is 3. The van der Waals surface area contributed by atoms with Crippen molar-refractivity contribution in [3.63, 3.8) is 0 Å². The van der Waals surface area contributed by atoms with Crippen molar-refractivity contribution in [3.05, 3.63) is 16.8 Å². The summed E-state index contributed by atoms with van der Waals surface area (Å²) in [4.78, 5) is 25.6. The molecule has 3 heterocycles. The van der Waals surface area contributed by atoms with Gasteiger partial charge in [-0.2, -0.15) is 0 Å². The Kier molecular flexibility index (Phi) is 3.48. The van der Waals surface area contributed by atoms with Crippen LogP contribution >= 0.6 is 11.3 Å². The summed E-state index contributed by atoms with van der Waals surface area (Å²) in [6, 6.07) is 0. The largest absolute Gasteiger partial charge is 0.370 e. The van der Waals surface area contributed by atoms with Crippen LogP contribution in [0.25, 0.3) is 10.2 Å². The predicted octanol–water partition coefficient (Wildman–Crippen LogP) is 2.81. The average Bonchev–Trinajstić information content (AvgIpc) is 2.84. The first-order chi connectivity index (χ1) is 10.8. The second-order valence-electron chi connectivity index (χ2n) is 6.07. The van der Waals surface area contributed by atoms with Crippen molar-refractivity contribution < 1.29 is 4.79 Å². The van der Waals surface area contributed by atoms with E-state index < -0.39 is 0 Å². The lowest BCUT2D eigenvalue weighted by molar-refractivity contribution is -0.139. The van der Waals surface area contributed by atoms with E-state index in [4.69, 9.17) is 0 Å². The maximum atomic E-state index is 12.5. The van der Waals surface area contributed by atoms with Crippen LogP contribution in [-0.4, -0.2) is 33.9 Å². The number of anilines is 1. The highest BCUT2D eigenvalue weighted by Gasteiger charge is 2.32. The molecule has 1 aliphatic carbocycles. The predicted molar refractivity (Wildman–Crippen MR) is 88.0 cm³/mol. The third-order valence-electron chi connectivity index (χ3n) is 4.75. The number of amides is 1. The van der Waals surface area contributed by atoms with Crippen LogP contribution in [-0.2, 0) is 17.8 Å². The molecule has 1 saturated carbocycles.